The van der Waals surface area contributed by atoms with Crippen LogP contribution in [0.5, 0.6) is 5.88 Å². The van der Waals surface area contributed by atoms with E-state index in [0.717, 1.165) is 22.9 Å². The lowest BCUT2D eigenvalue weighted by molar-refractivity contribution is -0.141. The van der Waals surface area contributed by atoms with Crippen molar-refractivity contribution < 1.29 is 35.9 Å². The number of halogens is 4. The van der Waals surface area contributed by atoms with Crippen LogP contribution in [0, 0.1) is 17.2 Å². The van der Waals surface area contributed by atoms with E-state index in [1.54, 1.807) is 0 Å². The highest BCUT2D eigenvalue weighted by Crippen LogP contribution is 2.51. The van der Waals surface area contributed by atoms with Crippen LogP contribution in [0.4, 0.5) is 23.2 Å². The first-order chi connectivity index (χ1) is 16.2. The number of aromatic nitrogens is 1. The Morgan fingerprint density at radius 1 is 1.34 bits per heavy atom. The molecule has 3 unspecified atom stereocenters. The van der Waals surface area contributed by atoms with E-state index in [9.17, 15) is 26.6 Å². The van der Waals surface area contributed by atoms with E-state index in [4.69, 9.17) is 9.29 Å². The number of hydrogen-bond donors (Lipinski definition) is 2. The first-order valence-corrected chi connectivity index (χ1v) is 11.9. The largest absolute Gasteiger partial charge is 0.477 e. The summed E-state index contributed by atoms with van der Waals surface area (Å²) in [5.74, 6) is -2.06. The molecule has 0 aliphatic heterocycles. The van der Waals surface area contributed by atoms with Crippen molar-refractivity contribution in [2.75, 3.05) is 18.0 Å². The van der Waals surface area contributed by atoms with Crippen LogP contribution < -0.4 is 14.4 Å². The minimum atomic E-state index is -4.64. The number of carbonyl (C=O) groups is 1. The van der Waals surface area contributed by atoms with Gasteiger partial charge in [0.1, 0.15) is 11.5 Å². The van der Waals surface area contributed by atoms with Crippen molar-refractivity contribution in [1.82, 2.24) is 10.3 Å². The molecule has 1 saturated carbocycles. The number of nitrogens with zero attached hydrogens (tertiary/aromatic N) is 2. The Kier molecular flexibility index (Phi) is 7.75. The zero-order valence-electron chi connectivity index (χ0n) is 19.6. The smallest absolute Gasteiger partial charge is 0.433 e. The maximum absolute atomic E-state index is 14.4. The maximum atomic E-state index is 14.4. The highest BCUT2D eigenvalue weighted by molar-refractivity contribution is 7.80. The Bertz CT molecular complexity index is 1130. The molecule has 35 heavy (non-hydrogen) atoms. The van der Waals surface area contributed by atoms with E-state index in [-0.39, 0.29) is 41.6 Å². The van der Waals surface area contributed by atoms with Gasteiger partial charge in [0, 0.05) is 19.2 Å². The molecule has 0 spiro atoms. The van der Waals surface area contributed by atoms with Gasteiger partial charge in [-0.25, -0.2) is 13.6 Å². The highest BCUT2D eigenvalue weighted by atomic mass is 32.2. The predicted octanol–water partition coefficient (Wildman–Crippen LogP) is 4.66. The fourth-order valence-electron chi connectivity index (χ4n) is 3.55. The monoisotopic (exact) mass is 517 g/mol. The number of alkyl halides is 3. The third-order valence-corrected chi connectivity index (χ3v) is 6.93. The van der Waals surface area contributed by atoms with Crippen LogP contribution in [0.3, 0.4) is 0 Å². The van der Waals surface area contributed by atoms with Crippen LogP contribution in [0.2, 0.25) is 0 Å². The number of nitrogens with one attached hydrogen (secondary N) is 1. The van der Waals surface area contributed by atoms with Crippen molar-refractivity contribution in [2.45, 2.75) is 45.8 Å². The third kappa shape index (κ3) is 6.49. The molecule has 1 heterocycles. The van der Waals surface area contributed by atoms with Crippen molar-refractivity contribution in [3.63, 3.8) is 0 Å². The molecule has 0 radical (unpaired) electrons. The molecule has 7 nitrogen and oxygen atoms in total. The van der Waals surface area contributed by atoms with Gasteiger partial charge >= 0.3 is 6.18 Å². The third-order valence-electron chi connectivity index (χ3n) is 6.26. The molecule has 0 bridgehead atoms. The van der Waals surface area contributed by atoms with E-state index >= 15 is 0 Å². The number of anilines is 1. The van der Waals surface area contributed by atoms with Gasteiger partial charge in [0.05, 0.1) is 18.2 Å². The molecule has 12 heteroatoms. The molecule has 3 atom stereocenters. The number of amides is 1. The van der Waals surface area contributed by atoms with Gasteiger partial charge in [0.25, 0.3) is 11.3 Å². The summed E-state index contributed by atoms with van der Waals surface area (Å²) in [7, 11) is 1.24. The maximum Gasteiger partial charge on any atom is 0.433 e. The van der Waals surface area contributed by atoms with Gasteiger partial charge in [-0.05, 0) is 54.5 Å². The fourth-order valence-corrected chi connectivity index (χ4v) is 3.86. The first kappa shape index (κ1) is 26.9. The van der Waals surface area contributed by atoms with Crippen LogP contribution in [0.1, 0.15) is 49.9 Å². The van der Waals surface area contributed by atoms with Gasteiger partial charge < -0.3 is 10.1 Å². The quantitative estimate of drug-likeness (QED) is 0.373. The summed E-state index contributed by atoms with van der Waals surface area (Å²) in [6.07, 6.45) is -3.74. The second-order valence-corrected chi connectivity index (χ2v) is 10.2. The summed E-state index contributed by atoms with van der Waals surface area (Å²) in [5, 5.41) is 2.63. The molecule has 1 fully saturated rings. The molecule has 3 rings (SSSR count). The van der Waals surface area contributed by atoms with Crippen LogP contribution in [-0.2, 0) is 28.8 Å². The van der Waals surface area contributed by atoms with Crippen molar-refractivity contribution in [2.24, 2.45) is 11.3 Å². The molecule has 1 aromatic carbocycles. The summed E-state index contributed by atoms with van der Waals surface area (Å²) in [4.78, 5) is 16.3. The molecule has 1 aliphatic carbocycles. The zero-order chi connectivity index (χ0) is 26.1. The van der Waals surface area contributed by atoms with Gasteiger partial charge in [0.15, 0.2) is 0 Å². The number of rotatable bonds is 9. The lowest BCUT2D eigenvalue weighted by Crippen LogP contribution is -2.28. The number of carbonyl (C=O) groups excluding carboxylic acids is 1. The van der Waals surface area contributed by atoms with Crippen molar-refractivity contribution in [1.29, 1.82) is 0 Å². The molecular formula is C23H27F4N3O4S. The normalized spacial score (nSPS) is 18.5. The van der Waals surface area contributed by atoms with Crippen molar-refractivity contribution in [3.05, 3.63) is 53.0 Å². The fraction of sp³-hybridized carbons (Fsp3) is 0.478. The van der Waals surface area contributed by atoms with Gasteiger partial charge in [-0.15, -0.1) is 0 Å². The second kappa shape index (κ2) is 10.1. The van der Waals surface area contributed by atoms with Gasteiger partial charge in [-0.2, -0.15) is 13.2 Å². The lowest BCUT2D eigenvalue weighted by atomic mass is 9.99. The number of hydrogen-bond acceptors (Lipinski definition) is 4. The zero-order valence-corrected chi connectivity index (χ0v) is 20.5. The highest BCUT2D eigenvalue weighted by Gasteiger charge is 2.46. The van der Waals surface area contributed by atoms with Crippen molar-refractivity contribution in [3.8, 4) is 5.88 Å². The van der Waals surface area contributed by atoms with Crippen molar-refractivity contribution >= 4 is 22.9 Å². The van der Waals surface area contributed by atoms with Crippen LogP contribution in [0.15, 0.2) is 30.3 Å². The summed E-state index contributed by atoms with van der Waals surface area (Å²) in [6, 6.07) is 5.88. The first-order valence-electron chi connectivity index (χ1n) is 10.8. The number of ether oxygens (including phenoxy) is 1. The van der Waals surface area contributed by atoms with Crippen LogP contribution >= 0.6 is 0 Å². The lowest BCUT2D eigenvalue weighted by Gasteiger charge is -2.18. The topological polar surface area (TPSA) is 91.8 Å². The Morgan fingerprint density at radius 2 is 2.00 bits per heavy atom. The molecular weight excluding hydrogens is 490 g/mol. The average Bonchev–Trinajstić information content (AvgIpc) is 3.40. The molecule has 192 valence electrons. The molecule has 1 amide bonds. The van der Waals surface area contributed by atoms with E-state index in [1.165, 1.54) is 32.2 Å². The Morgan fingerprint density at radius 3 is 2.54 bits per heavy atom. The van der Waals surface area contributed by atoms with Gasteiger partial charge in [-0.1, -0.05) is 19.9 Å². The Balaban J connectivity index is 1.71. The van der Waals surface area contributed by atoms with E-state index in [1.807, 2.05) is 13.8 Å². The predicted molar refractivity (Wildman–Crippen MR) is 122 cm³/mol. The molecule has 0 saturated heterocycles. The SMILES string of the molecule is CC(C(=O)NCc1ccc(C(F)(F)F)nc1OCC1CC1(C)C)c1ccc(N(C)S(=O)O)c(F)c1. The van der Waals surface area contributed by atoms with Crippen LogP contribution in [-0.4, -0.2) is 33.3 Å². The molecule has 1 aromatic heterocycles. The van der Waals surface area contributed by atoms with E-state index in [2.05, 4.69) is 10.3 Å². The molecule has 1 aliphatic rings. The Labute approximate surface area is 203 Å². The summed E-state index contributed by atoms with van der Waals surface area (Å²) in [6.45, 7) is 5.70. The standard InChI is InChI=1S/C23H27F4N3O4S/c1-13(14-5-7-18(17(24)9-14)30(4)35(32)33)20(31)28-11-15-6-8-19(23(25,26)27)29-21(15)34-12-16-10-22(16,2)3/h5-9,13,16H,10-12H2,1-4H3,(H,28,31)(H,32,33). The summed E-state index contributed by atoms with van der Waals surface area (Å²) >= 11 is -2.41. The second-order valence-electron chi connectivity index (χ2n) is 9.24. The summed E-state index contributed by atoms with van der Waals surface area (Å²) in [5.41, 5.74) is -0.532. The molecule has 2 aromatic rings. The minimum absolute atomic E-state index is 0.0668. The Hall–Kier alpha value is -2.73. The number of pyridine rings is 1. The van der Waals surface area contributed by atoms with E-state index < -0.39 is 40.8 Å². The van der Waals surface area contributed by atoms with Gasteiger partial charge in [0.2, 0.25) is 11.8 Å². The van der Waals surface area contributed by atoms with Gasteiger partial charge in [-0.3, -0.25) is 13.7 Å². The molecule has 2 N–H and O–H groups in total. The van der Waals surface area contributed by atoms with E-state index in [0.29, 0.717) is 5.56 Å². The minimum Gasteiger partial charge on any atom is -0.477 e. The number of benzene rings is 1. The average molecular weight is 518 g/mol. The summed E-state index contributed by atoms with van der Waals surface area (Å²) < 4.78 is 80.5. The van der Waals surface area contributed by atoms with Crippen LogP contribution in [0.25, 0.3) is 0 Å².